The molecule has 2 aromatic heterocycles. The third-order valence-electron chi connectivity index (χ3n) is 5.22. The van der Waals surface area contributed by atoms with Crippen LogP contribution in [0, 0.1) is 6.92 Å². The van der Waals surface area contributed by atoms with Gasteiger partial charge in [0, 0.05) is 50.8 Å². The molecule has 0 unspecified atom stereocenters. The summed E-state index contributed by atoms with van der Waals surface area (Å²) in [6.07, 6.45) is 0.792. The molecular formula is C21H26N6O. The Balaban J connectivity index is 1.33. The van der Waals surface area contributed by atoms with Crippen molar-refractivity contribution in [2.75, 3.05) is 37.6 Å². The van der Waals surface area contributed by atoms with Gasteiger partial charge < -0.3 is 15.5 Å². The number of nitrogens with one attached hydrogen (secondary N) is 2. The predicted molar refractivity (Wildman–Crippen MR) is 111 cm³/mol. The van der Waals surface area contributed by atoms with Gasteiger partial charge in [0.15, 0.2) is 5.65 Å². The lowest BCUT2D eigenvalue weighted by molar-refractivity contribution is 0.0949. The Morgan fingerprint density at radius 3 is 2.64 bits per heavy atom. The molecular weight excluding hydrogens is 352 g/mol. The first kappa shape index (κ1) is 18.4. The summed E-state index contributed by atoms with van der Waals surface area (Å²) in [6.45, 7) is 6.68. The van der Waals surface area contributed by atoms with Gasteiger partial charge in [-0.3, -0.25) is 9.48 Å². The van der Waals surface area contributed by atoms with Gasteiger partial charge in [-0.1, -0.05) is 12.1 Å². The minimum Gasteiger partial charge on any atom is -0.369 e. The van der Waals surface area contributed by atoms with Crippen molar-refractivity contribution in [2.45, 2.75) is 13.3 Å². The van der Waals surface area contributed by atoms with E-state index in [-0.39, 0.29) is 5.91 Å². The number of rotatable bonds is 5. The van der Waals surface area contributed by atoms with Crippen LogP contribution in [0.4, 0.5) is 5.69 Å². The molecule has 1 fully saturated rings. The summed E-state index contributed by atoms with van der Waals surface area (Å²) in [5, 5.41) is 11.7. The molecule has 0 radical (unpaired) electrons. The Bertz CT molecular complexity index is 972. The molecule has 7 nitrogen and oxygen atoms in total. The van der Waals surface area contributed by atoms with Gasteiger partial charge in [0.05, 0.1) is 5.69 Å². The van der Waals surface area contributed by atoms with Gasteiger partial charge in [-0.25, -0.2) is 4.98 Å². The van der Waals surface area contributed by atoms with Crippen LogP contribution >= 0.6 is 0 Å². The van der Waals surface area contributed by atoms with E-state index in [1.165, 1.54) is 11.3 Å². The molecule has 0 spiro atoms. The number of hydrogen-bond acceptors (Lipinski definition) is 5. The number of aryl methyl sites for hydroxylation is 2. The van der Waals surface area contributed by atoms with E-state index < -0.39 is 0 Å². The number of nitrogens with zero attached hydrogens (tertiary/aromatic N) is 4. The lowest BCUT2D eigenvalue weighted by atomic mass is 10.1. The second kappa shape index (κ2) is 7.98. The van der Waals surface area contributed by atoms with Crippen molar-refractivity contribution in [1.82, 2.24) is 25.4 Å². The first-order valence-electron chi connectivity index (χ1n) is 9.75. The van der Waals surface area contributed by atoms with Crippen molar-refractivity contribution in [3.8, 4) is 0 Å². The van der Waals surface area contributed by atoms with E-state index >= 15 is 0 Å². The van der Waals surface area contributed by atoms with E-state index in [9.17, 15) is 4.79 Å². The monoisotopic (exact) mass is 378 g/mol. The highest BCUT2D eigenvalue weighted by Crippen LogP contribution is 2.17. The normalized spacial score (nSPS) is 14.4. The third-order valence-corrected chi connectivity index (χ3v) is 5.22. The SMILES string of the molecule is Cc1nn(C)c2nc(C(=O)NCCc3ccc(N4CCNCC4)cc3)ccc12. The first-order valence-corrected chi connectivity index (χ1v) is 9.75. The second-order valence-corrected chi connectivity index (χ2v) is 7.19. The van der Waals surface area contributed by atoms with Gasteiger partial charge in [-0.05, 0) is 43.2 Å². The molecule has 0 saturated carbocycles. The number of benzene rings is 1. The standard InChI is InChI=1S/C21H26N6O/c1-15-18-7-8-19(24-20(18)26(2)25-15)21(28)23-10-9-16-3-5-17(6-4-16)27-13-11-22-12-14-27/h3-8,22H,9-14H2,1-2H3,(H,23,28). The second-order valence-electron chi connectivity index (χ2n) is 7.19. The number of hydrogen-bond donors (Lipinski definition) is 2. The third kappa shape index (κ3) is 3.84. The Labute approximate surface area is 164 Å². The number of aromatic nitrogens is 3. The fraction of sp³-hybridized carbons (Fsp3) is 0.381. The molecule has 3 aromatic rings. The van der Waals surface area contributed by atoms with Crippen LogP contribution in [0.3, 0.4) is 0 Å². The van der Waals surface area contributed by atoms with Crippen LogP contribution in [0.15, 0.2) is 36.4 Å². The quantitative estimate of drug-likeness (QED) is 0.706. The Morgan fingerprint density at radius 2 is 1.89 bits per heavy atom. The number of fused-ring (bicyclic) bond motifs is 1. The fourth-order valence-electron chi connectivity index (χ4n) is 3.64. The maximum atomic E-state index is 12.4. The largest absolute Gasteiger partial charge is 0.369 e. The van der Waals surface area contributed by atoms with E-state index in [4.69, 9.17) is 0 Å². The van der Waals surface area contributed by atoms with Crippen molar-refractivity contribution in [3.05, 3.63) is 53.3 Å². The molecule has 1 aliphatic rings. The van der Waals surface area contributed by atoms with E-state index in [1.807, 2.05) is 20.0 Å². The molecule has 0 aliphatic carbocycles. The predicted octanol–water partition coefficient (Wildman–Crippen LogP) is 1.66. The molecule has 146 valence electrons. The van der Waals surface area contributed by atoms with Crippen molar-refractivity contribution < 1.29 is 4.79 Å². The summed E-state index contributed by atoms with van der Waals surface area (Å²) < 4.78 is 1.71. The maximum absolute atomic E-state index is 12.4. The molecule has 28 heavy (non-hydrogen) atoms. The van der Waals surface area contributed by atoms with Gasteiger partial charge in [-0.2, -0.15) is 5.10 Å². The molecule has 0 bridgehead atoms. The molecule has 3 heterocycles. The Hall–Kier alpha value is -2.93. The fourth-order valence-corrected chi connectivity index (χ4v) is 3.64. The van der Waals surface area contributed by atoms with Crippen LogP contribution in [-0.2, 0) is 13.5 Å². The van der Waals surface area contributed by atoms with Crippen molar-refractivity contribution in [3.63, 3.8) is 0 Å². The molecule has 2 N–H and O–H groups in total. The number of anilines is 1. The highest BCUT2D eigenvalue weighted by atomic mass is 16.1. The van der Waals surface area contributed by atoms with Crippen molar-refractivity contribution >= 4 is 22.6 Å². The average molecular weight is 378 g/mol. The zero-order chi connectivity index (χ0) is 19.5. The highest BCUT2D eigenvalue weighted by molar-refractivity contribution is 5.94. The summed E-state index contributed by atoms with van der Waals surface area (Å²) in [6, 6.07) is 12.3. The maximum Gasteiger partial charge on any atom is 0.269 e. The zero-order valence-corrected chi connectivity index (χ0v) is 16.4. The lowest BCUT2D eigenvalue weighted by Crippen LogP contribution is -2.43. The Kier molecular flexibility index (Phi) is 5.25. The Morgan fingerprint density at radius 1 is 1.14 bits per heavy atom. The number of piperazine rings is 1. The summed E-state index contributed by atoms with van der Waals surface area (Å²) in [7, 11) is 1.84. The van der Waals surface area contributed by atoms with Crippen LogP contribution in [0.5, 0.6) is 0 Å². The summed E-state index contributed by atoms with van der Waals surface area (Å²) in [5.41, 5.74) is 4.54. The average Bonchev–Trinajstić information content (AvgIpc) is 3.02. The van der Waals surface area contributed by atoms with Crippen molar-refractivity contribution in [2.24, 2.45) is 7.05 Å². The number of amides is 1. The molecule has 0 atom stereocenters. The van der Waals surface area contributed by atoms with Crippen LogP contribution in [-0.4, -0.2) is 53.4 Å². The van der Waals surface area contributed by atoms with Crippen LogP contribution in [0.2, 0.25) is 0 Å². The minimum atomic E-state index is -0.154. The molecule has 1 aromatic carbocycles. The first-order chi connectivity index (χ1) is 13.6. The minimum absolute atomic E-state index is 0.154. The van der Waals surface area contributed by atoms with Crippen molar-refractivity contribution in [1.29, 1.82) is 0 Å². The van der Waals surface area contributed by atoms with Gasteiger partial charge in [0.25, 0.3) is 5.91 Å². The molecule has 1 aliphatic heterocycles. The number of pyridine rings is 1. The smallest absolute Gasteiger partial charge is 0.269 e. The van der Waals surface area contributed by atoms with E-state index in [0.717, 1.165) is 49.3 Å². The van der Waals surface area contributed by atoms with E-state index in [1.54, 1.807) is 10.7 Å². The molecule has 1 amide bonds. The lowest BCUT2D eigenvalue weighted by Gasteiger charge is -2.29. The summed E-state index contributed by atoms with van der Waals surface area (Å²) in [4.78, 5) is 19.3. The highest BCUT2D eigenvalue weighted by Gasteiger charge is 2.12. The van der Waals surface area contributed by atoms with Crippen LogP contribution < -0.4 is 15.5 Å². The van der Waals surface area contributed by atoms with Gasteiger partial charge in [0.1, 0.15) is 5.69 Å². The van der Waals surface area contributed by atoms with Crippen LogP contribution in [0.1, 0.15) is 21.7 Å². The summed E-state index contributed by atoms with van der Waals surface area (Å²) in [5.74, 6) is -0.154. The van der Waals surface area contributed by atoms with Gasteiger partial charge in [-0.15, -0.1) is 0 Å². The number of carbonyl (C=O) groups excluding carboxylic acids is 1. The number of carbonyl (C=O) groups is 1. The van der Waals surface area contributed by atoms with Gasteiger partial charge >= 0.3 is 0 Å². The van der Waals surface area contributed by atoms with Crippen LogP contribution in [0.25, 0.3) is 11.0 Å². The topological polar surface area (TPSA) is 75.1 Å². The molecule has 7 heteroatoms. The molecule has 1 saturated heterocycles. The van der Waals surface area contributed by atoms with Gasteiger partial charge in [0.2, 0.25) is 0 Å². The van der Waals surface area contributed by atoms with E-state index in [2.05, 4.69) is 49.9 Å². The van der Waals surface area contributed by atoms with E-state index in [0.29, 0.717) is 12.2 Å². The summed E-state index contributed by atoms with van der Waals surface area (Å²) >= 11 is 0. The molecule has 4 rings (SSSR count). The zero-order valence-electron chi connectivity index (χ0n) is 16.4.